The number of hydrogen-bond acceptors (Lipinski definition) is 4. The van der Waals surface area contributed by atoms with Crippen LogP contribution in [-0.2, 0) is 10.2 Å². The Morgan fingerprint density at radius 1 is 1.47 bits per heavy atom. The molecule has 102 valence electrons. The molecule has 0 saturated carbocycles. The van der Waals surface area contributed by atoms with Crippen molar-refractivity contribution in [3.8, 4) is 0 Å². The smallest absolute Gasteiger partial charge is 0.339 e. The zero-order valence-corrected chi connectivity index (χ0v) is 12.2. The number of aromatic nitrogens is 3. The first-order valence-corrected chi connectivity index (χ1v) is 6.41. The molecule has 0 aliphatic rings. The Bertz CT molecular complexity index is 634. The van der Waals surface area contributed by atoms with Crippen molar-refractivity contribution >= 4 is 23.2 Å². The molecular weight excluding hydrogens is 266 g/mol. The third kappa shape index (κ3) is 2.30. The maximum absolute atomic E-state index is 11.6. The zero-order chi connectivity index (χ0) is 14.2. The van der Waals surface area contributed by atoms with Gasteiger partial charge >= 0.3 is 5.97 Å². The Hall–Kier alpha value is -1.62. The first-order chi connectivity index (χ1) is 8.90. The van der Waals surface area contributed by atoms with Gasteiger partial charge < -0.3 is 4.74 Å². The molecule has 2 aromatic rings. The van der Waals surface area contributed by atoms with E-state index in [-0.39, 0.29) is 5.41 Å². The summed E-state index contributed by atoms with van der Waals surface area (Å²) in [6.07, 6.45) is 2.56. The molecule has 0 aliphatic heterocycles. The number of methoxy groups -OCH3 is 1. The highest BCUT2D eigenvalue weighted by Gasteiger charge is 2.26. The molecule has 0 aromatic carbocycles. The van der Waals surface area contributed by atoms with Gasteiger partial charge in [0, 0.05) is 11.6 Å². The van der Waals surface area contributed by atoms with Crippen molar-refractivity contribution in [2.24, 2.45) is 0 Å². The quantitative estimate of drug-likeness (QED) is 0.812. The second-order valence-corrected chi connectivity index (χ2v) is 5.43. The maximum Gasteiger partial charge on any atom is 0.339 e. The number of carbonyl (C=O) groups is 1. The van der Waals surface area contributed by atoms with Gasteiger partial charge in [-0.05, 0) is 12.5 Å². The van der Waals surface area contributed by atoms with Gasteiger partial charge in [-0.2, -0.15) is 0 Å². The molecule has 0 aliphatic carbocycles. The number of esters is 1. The van der Waals surface area contributed by atoms with Crippen LogP contribution in [0.2, 0.25) is 5.02 Å². The summed E-state index contributed by atoms with van der Waals surface area (Å²) in [5.74, 6) is 0.343. The third-order valence-corrected chi connectivity index (χ3v) is 3.65. The van der Waals surface area contributed by atoms with Gasteiger partial charge in [0.05, 0.1) is 17.7 Å². The fourth-order valence-corrected chi connectivity index (χ4v) is 2.05. The number of nitrogens with zero attached hydrogens (tertiary/aromatic N) is 3. The number of carbonyl (C=O) groups excluding carboxylic acids is 1. The summed E-state index contributed by atoms with van der Waals surface area (Å²) < 4.78 is 6.48. The Morgan fingerprint density at radius 3 is 2.74 bits per heavy atom. The molecule has 2 heterocycles. The number of fused-ring (bicyclic) bond motifs is 1. The number of hydrogen-bond donors (Lipinski definition) is 0. The summed E-state index contributed by atoms with van der Waals surface area (Å²) >= 11 is 6.14. The van der Waals surface area contributed by atoms with Crippen LogP contribution in [0, 0.1) is 0 Å². The predicted octanol–water partition coefficient (Wildman–Crippen LogP) is 2.86. The van der Waals surface area contributed by atoms with E-state index in [1.165, 1.54) is 7.11 Å². The molecular formula is C13H16ClN3O2. The minimum absolute atomic E-state index is 0.155. The summed E-state index contributed by atoms with van der Waals surface area (Å²) in [6.45, 7) is 6.22. The van der Waals surface area contributed by atoms with E-state index in [1.807, 2.05) is 0 Å². The van der Waals surface area contributed by atoms with Crippen LogP contribution in [0.3, 0.4) is 0 Å². The minimum atomic E-state index is -0.433. The van der Waals surface area contributed by atoms with Crippen molar-refractivity contribution in [1.29, 1.82) is 0 Å². The lowest BCUT2D eigenvalue weighted by Gasteiger charge is -2.20. The Kier molecular flexibility index (Phi) is 3.49. The average Bonchev–Trinajstić information content (AvgIpc) is 2.82. The number of rotatable bonds is 3. The average molecular weight is 282 g/mol. The van der Waals surface area contributed by atoms with Gasteiger partial charge in [0.25, 0.3) is 0 Å². The molecule has 2 aromatic heterocycles. The van der Waals surface area contributed by atoms with Crippen molar-refractivity contribution in [1.82, 2.24) is 14.6 Å². The van der Waals surface area contributed by atoms with Crippen LogP contribution in [0.25, 0.3) is 5.65 Å². The second kappa shape index (κ2) is 4.81. The topological polar surface area (TPSA) is 56.5 Å². The highest BCUT2D eigenvalue weighted by Crippen LogP contribution is 2.28. The zero-order valence-electron chi connectivity index (χ0n) is 11.4. The molecule has 0 bridgehead atoms. The van der Waals surface area contributed by atoms with Crippen molar-refractivity contribution in [2.75, 3.05) is 7.11 Å². The standard InChI is InChI=1S/C13H16ClN3O2/c1-5-13(2,3)12-16-15-10-9(14)6-8(7-17(10)12)11(18)19-4/h6-7H,5H2,1-4H3. The Balaban J connectivity index is 2.70. The van der Waals surface area contributed by atoms with Crippen molar-refractivity contribution in [3.05, 3.63) is 28.7 Å². The lowest BCUT2D eigenvalue weighted by Crippen LogP contribution is -2.20. The van der Waals surface area contributed by atoms with E-state index in [2.05, 4.69) is 31.0 Å². The van der Waals surface area contributed by atoms with E-state index in [0.29, 0.717) is 16.2 Å². The van der Waals surface area contributed by atoms with Crippen LogP contribution in [-0.4, -0.2) is 27.7 Å². The Morgan fingerprint density at radius 2 is 2.16 bits per heavy atom. The van der Waals surface area contributed by atoms with E-state index in [9.17, 15) is 4.79 Å². The maximum atomic E-state index is 11.6. The van der Waals surface area contributed by atoms with Gasteiger partial charge in [0.1, 0.15) is 5.82 Å². The molecule has 19 heavy (non-hydrogen) atoms. The van der Waals surface area contributed by atoms with E-state index >= 15 is 0 Å². The molecule has 6 heteroatoms. The van der Waals surface area contributed by atoms with Crippen molar-refractivity contribution in [3.63, 3.8) is 0 Å². The first kappa shape index (κ1) is 13.8. The summed E-state index contributed by atoms with van der Waals surface area (Å²) in [6, 6.07) is 1.54. The van der Waals surface area contributed by atoms with Crippen LogP contribution in [0.15, 0.2) is 12.3 Å². The number of ether oxygens (including phenoxy) is 1. The monoisotopic (exact) mass is 281 g/mol. The van der Waals surface area contributed by atoms with E-state index in [1.54, 1.807) is 16.7 Å². The lowest BCUT2D eigenvalue weighted by atomic mass is 9.89. The third-order valence-electron chi connectivity index (χ3n) is 3.37. The summed E-state index contributed by atoms with van der Waals surface area (Å²) in [4.78, 5) is 11.6. The largest absolute Gasteiger partial charge is 0.465 e. The van der Waals surface area contributed by atoms with Crippen LogP contribution in [0.5, 0.6) is 0 Å². The number of halogens is 1. The second-order valence-electron chi connectivity index (χ2n) is 5.02. The number of pyridine rings is 1. The SMILES string of the molecule is CCC(C)(C)c1nnc2c(Cl)cc(C(=O)OC)cn12. The molecule has 0 saturated heterocycles. The summed E-state index contributed by atoms with van der Waals surface area (Å²) in [5, 5.41) is 8.67. The minimum Gasteiger partial charge on any atom is -0.465 e. The molecule has 2 rings (SSSR count). The van der Waals surface area contributed by atoms with Gasteiger partial charge in [-0.1, -0.05) is 32.4 Å². The highest BCUT2D eigenvalue weighted by atomic mass is 35.5. The fraction of sp³-hybridized carbons (Fsp3) is 0.462. The molecule has 0 N–H and O–H groups in total. The van der Waals surface area contributed by atoms with Crippen LogP contribution in [0.4, 0.5) is 0 Å². The molecule has 0 unspecified atom stereocenters. The van der Waals surface area contributed by atoms with Crippen molar-refractivity contribution < 1.29 is 9.53 Å². The fourth-order valence-electron chi connectivity index (χ4n) is 1.80. The van der Waals surface area contributed by atoms with Gasteiger partial charge in [0.15, 0.2) is 5.65 Å². The predicted molar refractivity (Wildman–Crippen MR) is 72.7 cm³/mol. The van der Waals surface area contributed by atoms with Gasteiger partial charge in [-0.15, -0.1) is 10.2 Å². The van der Waals surface area contributed by atoms with Gasteiger partial charge in [0.2, 0.25) is 0 Å². The van der Waals surface area contributed by atoms with Crippen LogP contribution < -0.4 is 0 Å². The molecule has 0 fully saturated rings. The van der Waals surface area contributed by atoms with Crippen molar-refractivity contribution in [2.45, 2.75) is 32.6 Å². The summed E-state index contributed by atoms with van der Waals surface area (Å²) in [7, 11) is 1.34. The van der Waals surface area contributed by atoms with Gasteiger partial charge in [-0.25, -0.2) is 4.79 Å². The highest BCUT2D eigenvalue weighted by molar-refractivity contribution is 6.33. The van der Waals surface area contributed by atoms with E-state index in [4.69, 9.17) is 16.3 Å². The van der Waals surface area contributed by atoms with Gasteiger partial charge in [-0.3, -0.25) is 4.40 Å². The first-order valence-electron chi connectivity index (χ1n) is 6.03. The van der Waals surface area contributed by atoms with E-state index in [0.717, 1.165) is 12.2 Å². The van der Waals surface area contributed by atoms with E-state index < -0.39 is 5.97 Å². The summed E-state index contributed by atoms with van der Waals surface area (Å²) in [5.41, 5.74) is 0.774. The molecule has 0 radical (unpaired) electrons. The Labute approximate surface area is 116 Å². The molecule has 0 amide bonds. The molecule has 0 atom stereocenters. The lowest BCUT2D eigenvalue weighted by molar-refractivity contribution is 0.0600. The van der Waals surface area contributed by atoms with Crippen LogP contribution in [0.1, 0.15) is 43.4 Å². The van der Waals surface area contributed by atoms with Crippen LogP contribution >= 0.6 is 11.6 Å². The molecule has 0 spiro atoms. The molecule has 5 nitrogen and oxygen atoms in total. The normalized spacial score (nSPS) is 11.8.